The van der Waals surface area contributed by atoms with E-state index in [-0.39, 0.29) is 10.8 Å². The number of hydrogen-bond acceptors (Lipinski definition) is 2. The highest BCUT2D eigenvalue weighted by molar-refractivity contribution is 6.21. The number of benzene rings is 9. The first-order valence-electron chi connectivity index (χ1n) is 21.8. The second-order valence-electron chi connectivity index (χ2n) is 18.4. The topological polar surface area (TPSA) is 16.4 Å². The zero-order valence-corrected chi connectivity index (χ0v) is 35.3. The van der Waals surface area contributed by atoms with Crippen LogP contribution in [-0.4, -0.2) is 0 Å². The van der Waals surface area contributed by atoms with E-state index < -0.39 is 0 Å². The zero-order chi connectivity index (χ0) is 41.5. The fourth-order valence-electron chi connectivity index (χ4n) is 11.5. The molecule has 2 heteroatoms. The molecule has 0 N–H and O–H groups in total. The summed E-state index contributed by atoms with van der Waals surface area (Å²) in [7, 11) is 0. The molecule has 62 heavy (non-hydrogen) atoms. The first kappa shape index (κ1) is 35.3. The van der Waals surface area contributed by atoms with Gasteiger partial charge in [0.2, 0.25) is 0 Å². The lowest BCUT2D eigenvalue weighted by Gasteiger charge is -2.29. The van der Waals surface area contributed by atoms with Gasteiger partial charge in [0, 0.05) is 38.5 Å². The van der Waals surface area contributed by atoms with E-state index in [1.807, 2.05) is 0 Å². The predicted molar refractivity (Wildman–Crippen MR) is 259 cm³/mol. The standard InChI is InChI=1S/C60H43NO/c1-59(2)50-25-13-11-21-43(50)45-30-28-36(34-52(45)59)61(37-29-31-46-44-22-12-14-26-51(44)60(3,4)53(46)35-37)54-27-15-24-49-57-55(62-58(49)54)33-32-48-42-20-8-7-18-40(42)38-16-5-6-17-39(38)41-19-9-10-23-47(41)56(48)57/h5-35H,1-4H3. The molecule has 0 fully saturated rings. The molecular weight excluding hydrogens is 751 g/mol. The molecule has 0 unspecified atom stereocenters. The Hall–Kier alpha value is -7.42. The molecule has 0 aliphatic heterocycles. The molecule has 2 nitrogen and oxygen atoms in total. The van der Waals surface area contributed by atoms with Crippen LogP contribution < -0.4 is 4.90 Å². The van der Waals surface area contributed by atoms with Crippen molar-refractivity contribution < 1.29 is 4.42 Å². The van der Waals surface area contributed by atoms with Gasteiger partial charge in [0.15, 0.2) is 5.58 Å². The summed E-state index contributed by atoms with van der Waals surface area (Å²) in [5.41, 5.74) is 25.1. The summed E-state index contributed by atoms with van der Waals surface area (Å²) in [6, 6.07) is 69.8. The van der Waals surface area contributed by atoms with Crippen molar-refractivity contribution in [3.8, 4) is 66.8 Å². The van der Waals surface area contributed by atoms with E-state index in [9.17, 15) is 0 Å². The molecule has 1 aromatic heterocycles. The van der Waals surface area contributed by atoms with Gasteiger partial charge in [0.25, 0.3) is 0 Å². The molecule has 3 aliphatic carbocycles. The molecule has 13 rings (SSSR count). The lowest BCUT2D eigenvalue weighted by molar-refractivity contribution is 0.659. The van der Waals surface area contributed by atoms with Crippen molar-refractivity contribution in [1.82, 2.24) is 0 Å². The molecule has 0 bridgehead atoms. The zero-order valence-electron chi connectivity index (χ0n) is 35.3. The van der Waals surface area contributed by atoms with Crippen molar-refractivity contribution in [2.24, 2.45) is 0 Å². The highest BCUT2D eigenvalue weighted by Crippen LogP contribution is 2.56. The minimum Gasteiger partial charge on any atom is -0.454 e. The van der Waals surface area contributed by atoms with E-state index in [2.05, 4.69) is 221 Å². The van der Waals surface area contributed by atoms with Crippen LogP contribution in [0.25, 0.3) is 88.7 Å². The Morgan fingerprint density at radius 2 is 0.774 bits per heavy atom. The fourth-order valence-corrected chi connectivity index (χ4v) is 11.5. The molecule has 1 heterocycles. The monoisotopic (exact) mass is 793 g/mol. The summed E-state index contributed by atoms with van der Waals surface area (Å²) in [5, 5.41) is 2.24. The van der Waals surface area contributed by atoms with Gasteiger partial charge in [-0.2, -0.15) is 0 Å². The van der Waals surface area contributed by atoms with Gasteiger partial charge < -0.3 is 9.32 Å². The van der Waals surface area contributed by atoms with Gasteiger partial charge in [-0.3, -0.25) is 0 Å². The van der Waals surface area contributed by atoms with Crippen molar-refractivity contribution in [2.45, 2.75) is 38.5 Å². The van der Waals surface area contributed by atoms with Crippen LogP contribution in [0.2, 0.25) is 0 Å². The molecule has 0 amide bonds. The van der Waals surface area contributed by atoms with Crippen LogP contribution in [0.15, 0.2) is 192 Å². The molecule has 9 aromatic carbocycles. The Balaban J connectivity index is 1.09. The van der Waals surface area contributed by atoms with Crippen LogP contribution >= 0.6 is 0 Å². The van der Waals surface area contributed by atoms with Gasteiger partial charge in [-0.1, -0.05) is 173 Å². The fraction of sp³-hybridized carbons (Fsp3) is 0.100. The molecule has 3 aliphatic rings. The number of furan rings is 1. The highest BCUT2D eigenvalue weighted by atomic mass is 16.3. The first-order chi connectivity index (χ1) is 30.3. The van der Waals surface area contributed by atoms with Crippen molar-refractivity contribution in [3.63, 3.8) is 0 Å². The SMILES string of the molecule is CC1(C)c2ccccc2-c2ccc(N(c3ccc4c(c3)C(C)(C)c3ccccc3-4)c3cccc4c3oc3ccc5c(c34)-c3ccccc3-c3ccccc3-c3ccccc3-5)cc21. The largest absolute Gasteiger partial charge is 0.454 e. The van der Waals surface area contributed by atoms with Gasteiger partial charge in [-0.05, 0) is 126 Å². The molecule has 0 saturated heterocycles. The Labute approximate surface area is 362 Å². The summed E-state index contributed by atoms with van der Waals surface area (Å²) in [4.78, 5) is 2.45. The minimum atomic E-state index is -0.154. The Morgan fingerprint density at radius 3 is 1.31 bits per heavy atom. The molecule has 0 atom stereocenters. The Kier molecular flexibility index (Phi) is 7.16. The lowest BCUT2D eigenvalue weighted by atomic mass is 9.79. The minimum absolute atomic E-state index is 0.154. The van der Waals surface area contributed by atoms with Crippen LogP contribution in [0.3, 0.4) is 0 Å². The molecule has 0 radical (unpaired) electrons. The molecule has 294 valence electrons. The second-order valence-corrected chi connectivity index (χ2v) is 18.4. The maximum Gasteiger partial charge on any atom is 0.159 e. The van der Waals surface area contributed by atoms with Crippen LogP contribution in [0.5, 0.6) is 0 Å². The van der Waals surface area contributed by atoms with E-state index in [1.165, 1.54) is 89.0 Å². The van der Waals surface area contributed by atoms with E-state index in [0.717, 1.165) is 39.0 Å². The van der Waals surface area contributed by atoms with Gasteiger partial charge in [0.05, 0.1) is 5.69 Å². The summed E-state index contributed by atoms with van der Waals surface area (Å²) in [6.45, 7) is 9.46. The highest BCUT2D eigenvalue weighted by Gasteiger charge is 2.38. The summed E-state index contributed by atoms with van der Waals surface area (Å²) < 4.78 is 7.25. The van der Waals surface area contributed by atoms with Gasteiger partial charge in [0.1, 0.15) is 5.58 Å². The van der Waals surface area contributed by atoms with Crippen LogP contribution in [0, 0.1) is 0 Å². The lowest BCUT2D eigenvalue weighted by Crippen LogP contribution is -2.18. The average molecular weight is 794 g/mol. The van der Waals surface area contributed by atoms with Crippen LogP contribution in [-0.2, 0) is 10.8 Å². The third-order valence-electron chi connectivity index (χ3n) is 14.5. The number of hydrogen-bond donors (Lipinski definition) is 0. The molecule has 10 aromatic rings. The van der Waals surface area contributed by atoms with Crippen LogP contribution in [0.4, 0.5) is 17.1 Å². The third-order valence-corrected chi connectivity index (χ3v) is 14.5. The number of nitrogens with zero attached hydrogens (tertiary/aromatic N) is 1. The maximum atomic E-state index is 7.25. The Morgan fingerprint density at radius 1 is 0.355 bits per heavy atom. The summed E-state index contributed by atoms with van der Waals surface area (Å²) >= 11 is 0. The quantitative estimate of drug-likeness (QED) is 0.177. The summed E-state index contributed by atoms with van der Waals surface area (Å²) in [5.74, 6) is 0. The van der Waals surface area contributed by atoms with Gasteiger partial charge in [-0.15, -0.1) is 0 Å². The second kappa shape index (κ2) is 12.6. The molecular formula is C60H43NO. The molecule has 0 saturated carbocycles. The molecule has 0 spiro atoms. The van der Waals surface area contributed by atoms with Gasteiger partial charge in [-0.25, -0.2) is 0 Å². The number of para-hydroxylation sites is 1. The van der Waals surface area contributed by atoms with E-state index >= 15 is 0 Å². The van der Waals surface area contributed by atoms with Crippen LogP contribution in [0.1, 0.15) is 49.9 Å². The first-order valence-corrected chi connectivity index (χ1v) is 21.8. The third kappa shape index (κ3) is 4.70. The number of rotatable bonds is 3. The van der Waals surface area contributed by atoms with Crippen molar-refractivity contribution in [2.75, 3.05) is 4.90 Å². The maximum absolute atomic E-state index is 7.25. The van der Waals surface area contributed by atoms with E-state index in [4.69, 9.17) is 4.42 Å². The van der Waals surface area contributed by atoms with E-state index in [1.54, 1.807) is 0 Å². The van der Waals surface area contributed by atoms with Crippen molar-refractivity contribution in [3.05, 3.63) is 210 Å². The predicted octanol–water partition coefficient (Wildman–Crippen LogP) is 16.6. The normalized spacial score (nSPS) is 14.4. The summed E-state index contributed by atoms with van der Waals surface area (Å²) in [6.07, 6.45) is 0. The number of anilines is 3. The smallest absolute Gasteiger partial charge is 0.159 e. The van der Waals surface area contributed by atoms with Gasteiger partial charge >= 0.3 is 0 Å². The number of fused-ring (bicyclic) bond motifs is 18. The van der Waals surface area contributed by atoms with Crippen molar-refractivity contribution >= 4 is 39.0 Å². The average Bonchev–Trinajstić information content (AvgIpc) is 3.88. The van der Waals surface area contributed by atoms with E-state index in [0.29, 0.717) is 0 Å². The van der Waals surface area contributed by atoms with Crippen molar-refractivity contribution in [1.29, 1.82) is 0 Å². The Bertz CT molecular complexity index is 3430.